The first kappa shape index (κ1) is 40.5. The number of thiazole rings is 1. The molecule has 2 N–H and O–H groups in total. The second-order valence-corrected chi connectivity index (χ2v) is 19.9. The predicted octanol–water partition coefficient (Wildman–Crippen LogP) is 4.46. The Kier molecular flexibility index (Phi) is 11.7. The molecule has 16 heteroatoms. The summed E-state index contributed by atoms with van der Waals surface area (Å²) in [6, 6.07) is 6.34. The largest absolute Gasteiger partial charge is 0.497 e. The average molecular weight is 836 g/mol. The van der Waals surface area contributed by atoms with E-state index >= 15 is 0 Å². The number of aromatic nitrogens is 1. The number of esters is 1. The van der Waals surface area contributed by atoms with Gasteiger partial charge < -0.3 is 24.6 Å². The number of hydrogen-bond donors (Lipinski definition) is 2. The van der Waals surface area contributed by atoms with Crippen LogP contribution in [0.2, 0.25) is 0 Å². The quantitative estimate of drug-likeness (QED) is 0.256. The molecule has 4 heterocycles. The molecular weight excluding hydrogens is 783 g/mol. The van der Waals surface area contributed by atoms with Gasteiger partial charge in [0.25, 0.3) is 11.8 Å². The van der Waals surface area contributed by atoms with Gasteiger partial charge in [0.05, 0.1) is 31.1 Å². The Morgan fingerprint density at radius 1 is 0.983 bits per heavy atom. The van der Waals surface area contributed by atoms with Crippen molar-refractivity contribution in [2.45, 2.75) is 100 Å². The Bertz CT molecular complexity index is 2040. The van der Waals surface area contributed by atoms with Gasteiger partial charge in [-0.1, -0.05) is 37.8 Å². The minimum absolute atomic E-state index is 0.0930. The maximum Gasteiger partial charge on any atom is 0.306 e. The van der Waals surface area contributed by atoms with E-state index in [4.69, 9.17) is 9.47 Å². The summed E-state index contributed by atoms with van der Waals surface area (Å²) in [5, 5.41) is 4.47. The van der Waals surface area contributed by atoms with Gasteiger partial charge in [-0.2, -0.15) is 0 Å². The molecule has 1 aromatic carbocycles. The molecule has 6 atom stereocenters. The smallest absolute Gasteiger partial charge is 0.306 e. The standard InChI is InChI=1S/C42H53N5O9S2/c1-55-31-15-13-27(14-16-31)34-25-57-38(43-34)40(51)46-21-29-22-47-36(33(29)23-46)37(49)44-42(41(52)45-58(53,54)32-17-18-32)20-30(42)12-6-4-2-3-5-11-28(39(47)50)19-35(48)56-24-26-9-7-8-10-26/h6,12-16,25-26,28-30,32-33,36H,2-5,7-11,17-24H2,1H3,(H,44,49)(H,45,52)/b12-6-/t28-,29+,30-,33+,36+,42-/m1/s1. The lowest BCUT2D eigenvalue weighted by molar-refractivity contribution is -0.151. The Balaban J connectivity index is 1.05. The minimum atomic E-state index is -3.90. The number of methoxy groups -OCH3 is 1. The number of nitrogens with one attached hydrogen (secondary N) is 2. The first-order valence-corrected chi connectivity index (χ1v) is 23.3. The Labute approximate surface area is 343 Å². The summed E-state index contributed by atoms with van der Waals surface area (Å²) in [6.07, 6.45) is 12.8. The van der Waals surface area contributed by atoms with Gasteiger partial charge in [-0.25, -0.2) is 13.4 Å². The summed E-state index contributed by atoms with van der Waals surface area (Å²) in [6.45, 7) is 0.999. The highest BCUT2D eigenvalue weighted by Crippen LogP contribution is 2.47. The number of ether oxygens (including phenoxy) is 2. The van der Waals surface area contributed by atoms with Gasteiger partial charge in [-0.15, -0.1) is 11.3 Å². The maximum atomic E-state index is 14.7. The molecule has 3 aliphatic carbocycles. The fourth-order valence-corrected chi connectivity index (χ4v) is 11.6. The first-order valence-electron chi connectivity index (χ1n) is 20.9. The number of sulfonamides is 1. The van der Waals surface area contributed by atoms with Crippen molar-refractivity contribution in [3.05, 3.63) is 46.8 Å². The van der Waals surface area contributed by atoms with E-state index in [9.17, 15) is 32.4 Å². The molecule has 14 nitrogen and oxygen atoms in total. The number of allylic oxidation sites excluding steroid dienone is 1. The molecule has 4 amide bonds. The molecule has 3 saturated carbocycles. The van der Waals surface area contributed by atoms with Crippen LogP contribution in [0, 0.1) is 29.6 Å². The SMILES string of the molecule is COc1ccc(-c2csc(C(=O)N3C[C@H]4CN5C(=O)[C@@H](CC(=O)OCC6CCCC6)CCCCC/C=C\[C@@H]6C[C@@]6(C(=O)NS(=O)(=O)C6CC6)NC(=O)[C@@H]5[C@H]4C3)n2)cc1. The second kappa shape index (κ2) is 16.7. The minimum Gasteiger partial charge on any atom is -0.497 e. The molecule has 2 saturated heterocycles. The van der Waals surface area contributed by atoms with Gasteiger partial charge in [0.2, 0.25) is 21.8 Å². The lowest BCUT2D eigenvalue weighted by atomic mass is 9.92. The van der Waals surface area contributed by atoms with E-state index in [-0.39, 0.29) is 43.7 Å². The van der Waals surface area contributed by atoms with Crippen LogP contribution in [0.15, 0.2) is 41.8 Å². The van der Waals surface area contributed by atoms with E-state index in [0.29, 0.717) is 67.6 Å². The molecule has 5 fully saturated rings. The van der Waals surface area contributed by atoms with Crippen molar-refractivity contribution in [1.82, 2.24) is 24.8 Å². The predicted molar refractivity (Wildman–Crippen MR) is 215 cm³/mol. The molecule has 0 bridgehead atoms. The van der Waals surface area contributed by atoms with Gasteiger partial charge >= 0.3 is 5.97 Å². The molecule has 312 valence electrons. The van der Waals surface area contributed by atoms with Gasteiger partial charge in [-0.05, 0) is 81.5 Å². The van der Waals surface area contributed by atoms with Crippen LogP contribution in [-0.2, 0) is 33.9 Å². The molecule has 3 aliphatic heterocycles. The third-order valence-corrected chi connectivity index (χ3v) is 15.7. The number of hydrogen-bond acceptors (Lipinski definition) is 11. The summed E-state index contributed by atoms with van der Waals surface area (Å²) < 4.78 is 39.1. The molecule has 8 rings (SSSR count). The number of likely N-dealkylation sites (tertiary alicyclic amines) is 1. The Morgan fingerprint density at radius 2 is 1.74 bits per heavy atom. The molecule has 0 unspecified atom stereocenters. The first-order chi connectivity index (χ1) is 28.0. The van der Waals surface area contributed by atoms with Crippen LogP contribution in [0.1, 0.15) is 93.3 Å². The van der Waals surface area contributed by atoms with E-state index in [2.05, 4.69) is 15.0 Å². The van der Waals surface area contributed by atoms with Gasteiger partial charge in [0.15, 0.2) is 5.01 Å². The van der Waals surface area contributed by atoms with Crippen molar-refractivity contribution in [2.75, 3.05) is 33.4 Å². The van der Waals surface area contributed by atoms with Crippen molar-refractivity contribution < 1.29 is 41.9 Å². The number of nitrogens with zero attached hydrogens (tertiary/aromatic N) is 3. The fourth-order valence-electron chi connectivity index (χ4n) is 9.42. The number of carbonyl (C=O) groups is 5. The zero-order valence-electron chi connectivity index (χ0n) is 32.9. The highest BCUT2D eigenvalue weighted by molar-refractivity contribution is 7.91. The lowest BCUT2D eigenvalue weighted by Gasteiger charge is -2.32. The number of rotatable bonds is 10. The Morgan fingerprint density at radius 3 is 2.48 bits per heavy atom. The van der Waals surface area contributed by atoms with E-state index in [1.165, 1.54) is 11.3 Å². The molecule has 1 aromatic heterocycles. The summed E-state index contributed by atoms with van der Waals surface area (Å²) in [5.41, 5.74) is -0.0102. The van der Waals surface area contributed by atoms with Crippen LogP contribution in [0.3, 0.4) is 0 Å². The maximum absolute atomic E-state index is 14.7. The van der Waals surface area contributed by atoms with E-state index in [1.54, 1.807) is 16.9 Å². The molecule has 0 radical (unpaired) electrons. The number of fused-ring (bicyclic) bond motifs is 4. The van der Waals surface area contributed by atoms with Crippen LogP contribution in [-0.4, -0.2) is 103 Å². The fraction of sp³-hybridized carbons (Fsp3) is 0.619. The van der Waals surface area contributed by atoms with E-state index < -0.39 is 62.4 Å². The summed E-state index contributed by atoms with van der Waals surface area (Å²) >= 11 is 1.24. The number of benzene rings is 1. The molecule has 6 aliphatic rings. The molecular formula is C42H53N5O9S2. The highest BCUT2D eigenvalue weighted by atomic mass is 32.2. The topological polar surface area (TPSA) is 181 Å². The normalized spacial score (nSPS) is 29.6. The van der Waals surface area contributed by atoms with E-state index in [1.807, 2.05) is 41.8 Å². The zero-order chi connectivity index (χ0) is 40.6. The monoisotopic (exact) mass is 835 g/mol. The summed E-state index contributed by atoms with van der Waals surface area (Å²) in [7, 11) is -2.31. The third-order valence-electron chi connectivity index (χ3n) is 13.0. The third kappa shape index (κ3) is 8.54. The van der Waals surface area contributed by atoms with Crippen molar-refractivity contribution in [2.24, 2.45) is 29.6 Å². The lowest BCUT2D eigenvalue weighted by Crippen LogP contribution is -2.58. The van der Waals surface area contributed by atoms with Gasteiger partial charge in [0, 0.05) is 54.2 Å². The van der Waals surface area contributed by atoms with Crippen LogP contribution < -0.4 is 14.8 Å². The van der Waals surface area contributed by atoms with Crippen molar-refractivity contribution in [3.8, 4) is 17.0 Å². The Hall–Kier alpha value is -4.31. The van der Waals surface area contributed by atoms with Crippen LogP contribution >= 0.6 is 11.3 Å². The zero-order valence-corrected chi connectivity index (χ0v) is 34.6. The molecule has 2 aromatic rings. The molecule has 58 heavy (non-hydrogen) atoms. The van der Waals surface area contributed by atoms with Gasteiger partial charge in [0.1, 0.15) is 17.3 Å². The van der Waals surface area contributed by atoms with Crippen molar-refractivity contribution in [3.63, 3.8) is 0 Å². The summed E-state index contributed by atoms with van der Waals surface area (Å²) in [5.74, 6) is -3.17. The van der Waals surface area contributed by atoms with Crippen molar-refractivity contribution in [1.29, 1.82) is 0 Å². The highest BCUT2D eigenvalue weighted by Gasteiger charge is 2.63. The second-order valence-electron chi connectivity index (χ2n) is 17.1. The average Bonchev–Trinajstić information content (AvgIpc) is 3.86. The van der Waals surface area contributed by atoms with Crippen molar-refractivity contribution >= 4 is 51.0 Å². The van der Waals surface area contributed by atoms with Crippen LogP contribution in [0.5, 0.6) is 5.75 Å². The number of carbonyl (C=O) groups excluding carboxylic acids is 5. The van der Waals surface area contributed by atoms with E-state index in [0.717, 1.165) is 44.1 Å². The van der Waals surface area contributed by atoms with Crippen LogP contribution in [0.4, 0.5) is 0 Å². The summed E-state index contributed by atoms with van der Waals surface area (Å²) in [4.78, 5) is 78.4. The number of amides is 4. The van der Waals surface area contributed by atoms with Gasteiger partial charge in [-0.3, -0.25) is 28.7 Å². The molecule has 0 spiro atoms. The van der Waals surface area contributed by atoms with Crippen LogP contribution in [0.25, 0.3) is 11.3 Å².